The SMILES string of the molecule is C[C@@H]1CN(c2cnc3nc(-c4cc(F)c5nn(C)cc5c4)ccc3c2Cl)C[C@H](C)N1. The normalized spacial score (nSPS) is 19.7. The van der Waals surface area contributed by atoms with Gasteiger partial charge in [-0.05, 0) is 38.1 Å². The molecular formula is C22H22ClFN6. The number of pyridine rings is 2. The van der Waals surface area contributed by atoms with Gasteiger partial charge in [0, 0.05) is 54.8 Å². The summed E-state index contributed by atoms with van der Waals surface area (Å²) in [4.78, 5) is 11.5. The minimum Gasteiger partial charge on any atom is -0.366 e. The number of nitrogens with zero attached hydrogens (tertiary/aromatic N) is 5. The quantitative estimate of drug-likeness (QED) is 0.523. The number of aromatic nitrogens is 4. The van der Waals surface area contributed by atoms with Gasteiger partial charge in [0.05, 0.1) is 22.6 Å². The van der Waals surface area contributed by atoms with Crippen molar-refractivity contribution in [1.82, 2.24) is 25.1 Å². The van der Waals surface area contributed by atoms with E-state index in [1.165, 1.54) is 6.07 Å². The maximum absolute atomic E-state index is 14.5. The molecule has 1 aliphatic heterocycles. The molecule has 1 saturated heterocycles. The molecule has 0 bridgehead atoms. The molecule has 5 rings (SSSR count). The second kappa shape index (κ2) is 7.18. The fourth-order valence-electron chi connectivity index (χ4n) is 4.30. The Bertz CT molecular complexity index is 1260. The number of anilines is 1. The molecule has 1 aliphatic rings. The Balaban J connectivity index is 1.56. The Morgan fingerprint density at radius 2 is 1.93 bits per heavy atom. The summed E-state index contributed by atoms with van der Waals surface area (Å²) in [5, 5.41) is 9.85. The Labute approximate surface area is 178 Å². The molecule has 1 aromatic carbocycles. The second-order valence-corrected chi connectivity index (χ2v) is 8.48. The van der Waals surface area contributed by atoms with E-state index in [9.17, 15) is 4.39 Å². The van der Waals surface area contributed by atoms with Crippen LogP contribution in [0.2, 0.25) is 5.02 Å². The lowest BCUT2D eigenvalue weighted by Gasteiger charge is -2.37. The molecule has 0 aliphatic carbocycles. The molecule has 1 fully saturated rings. The summed E-state index contributed by atoms with van der Waals surface area (Å²) in [7, 11) is 1.77. The first-order valence-electron chi connectivity index (χ1n) is 9.98. The van der Waals surface area contributed by atoms with Crippen LogP contribution in [-0.2, 0) is 7.05 Å². The number of hydrogen-bond acceptors (Lipinski definition) is 5. The first-order valence-corrected chi connectivity index (χ1v) is 10.4. The molecule has 154 valence electrons. The molecule has 0 unspecified atom stereocenters. The van der Waals surface area contributed by atoms with E-state index in [0.717, 1.165) is 29.5 Å². The number of benzene rings is 1. The van der Waals surface area contributed by atoms with E-state index in [2.05, 4.69) is 39.1 Å². The largest absolute Gasteiger partial charge is 0.366 e. The van der Waals surface area contributed by atoms with Crippen molar-refractivity contribution in [2.24, 2.45) is 7.05 Å². The van der Waals surface area contributed by atoms with Crippen LogP contribution in [0.4, 0.5) is 10.1 Å². The fraction of sp³-hybridized carbons (Fsp3) is 0.318. The number of nitrogens with one attached hydrogen (secondary N) is 1. The molecule has 30 heavy (non-hydrogen) atoms. The van der Waals surface area contributed by atoms with Crippen LogP contribution in [-0.4, -0.2) is 44.9 Å². The maximum Gasteiger partial charge on any atom is 0.161 e. The third kappa shape index (κ3) is 3.28. The summed E-state index contributed by atoms with van der Waals surface area (Å²) >= 11 is 6.76. The highest BCUT2D eigenvalue weighted by molar-refractivity contribution is 6.37. The van der Waals surface area contributed by atoms with E-state index in [0.29, 0.717) is 39.5 Å². The number of fused-ring (bicyclic) bond motifs is 2. The lowest BCUT2D eigenvalue weighted by molar-refractivity contribution is 0.407. The van der Waals surface area contributed by atoms with Crippen molar-refractivity contribution < 1.29 is 4.39 Å². The molecule has 0 spiro atoms. The van der Waals surface area contributed by atoms with Crippen molar-refractivity contribution in [3.63, 3.8) is 0 Å². The summed E-state index contributed by atoms with van der Waals surface area (Å²) in [5.74, 6) is -0.367. The van der Waals surface area contributed by atoms with Crippen molar-refractivity contribution in [3.8, 4) is 11.3 Å². The number of halogens is 2. The summed E-state index contributed by atoms with van der Waals surface area (Å²) in [6.45, 7) is 6.06. The van der Waals surface area contributed by atoms with Gasteiger partial charge in [0.25, 0.3) is 0 Å². The van der Waals surface area contributed by atoms with Gasteiger partial charge < -0.3 is 10.2 Å². The van der Waals surface area contributed by atoms with Crippen LogP contribution in [0.3, 0.4) is 0 Å². The van der Waals surface area contributed by atoms with Crippen LogP contribution >= 0.6 is 11.6 Å². The van der Waals surface area contributed by atoms with Crippen LogP contribution in [0.1, 0.15) is 13.8 Å². The van der Waals surface area contributed by atoms with Gasteiger partial charge in [-0.15, -0.1) is 0 Å². The van der Waals surface area contributed by atoms with E-state index in [-0.39, 0.29) is 5.82 Å². The highest BCUT2D eigenvalue weighted by atomic mass is 35.5. The fourth-order valence-corrected chi connectivity index (χ4v) is 4.62. The molecular weight excluding hydrogens is 403 g/mol. The Kier molecular flexibility index (Phi) is 4.60. The van der Waals surface area contributed by atoms with Crippen molar-refractivity contribution in [3.05, 3.63) is 47.5 Å². The number of hydrogen-bond donors (Lipinski definition) is 1. The third-order valence-electron chi connectivity index (χ3n) is 5.52. The monoisotopic (exact) mass is 424 g/mol. The molecule has 0 amide bonds. The lowest BCUT2D eigenvalue weighted by atomic mass is 10.1. The van der Waals surface area contributed by atoms with Gasteiger partial charge in [0.15, 0.2) is 11.5 Å². The van der Waals surface area contributed by atoms with Crippen LogP contribution in [0.5, 0.6) is 0 Å². The minimum atomic E-state index is -0.367. The van der Waals surface area contributed by atoms with Crippen molar-refractivity contribution in [2.75, 3.05) is 18.0 Å². The molecule has 6 nitrogen and oxygen atoms in total. The molecule has 1 N–H and O–H groups in total. The Hall–Kier alpha value is -2.77. The maximum atomic E-state index is 14.5. The van der Waals surface area contributed by atoms with Gasteiger partial charge in [0.2, 0.25) is 0 Å². The van der Waals surface area contributed by atoms with Gasteiger partial charge in [0.1, 0.15) is 5.52 Å². The molecule has 3 aromatic heterocycles. The summed E-state index contributed by atoms with van der Waals surface area (Å²) in [6, 6.07) is 7.87. The van der Waals surface area contributed by atoms with Crippen molar-refractivity contribution in [2.45, 2.75) is 25.9 Å². The van der Waals surface area contributed by atoms with E-state index in [1.807, 2.05) is 18.2 Å². The zero-order chi connectivity index (χ0) is 21.0. The predicted octanol–water partition coefficient (Wildman–Crippen LogP) is 4.16. The first-order chi connectivity index (χ1) is 14.4. The molecule has 0 saturated carbocycles. The average Bonchev–Trinajstić information content (AvgIpc) is 3.08. The van der Waals surface area contributed by atoms with Gasteiger partial charge in [-0.1, -0.05) is 11.6 Å². The summed E-state index contributed by atoms with van der Waals surface area (Å²) in [6.07, 6.45) is 3.58. The lowest BCUT2D eigenvalue weighted by Crippen LogP contribution is -2.54. The average molecular weight is 425 g/mol. The Morgan fingerprint density at radius 3 is 2.70 bits per heavy atom. The summed E-state index contributed by atoms with van der Waals surface area (Å²) < 4.78 is 16.1. The second-order valence-electron chi connectivity index (χ2n) is 8.10. The van der Waals surface area contributed by atoms with Crippen LogP contribution in [0.15, 0.2) is 36.7 Å². The van der Waals surface area contributed by atoms with E-state index >= 15 is 0 Å². The third-order valence-corrected chi connectivity index (χ3v) is 5.91. The van der Waals surface area contributed by atoms with Crippen molar-refractivity contribution in [1.29, 1.82) is 0 Å². The van der Waals surface area contributed by atoms with E-state index in [1.54, 1.807) is 24.1 Å². The highest BCUT2D eigenvalue weighted by Crippen LogP contribution is 2.34. The van der Waals surface area contributed by atoms with Crippen LogP contribution < -0.4 is 10.2 Å². The van der Waals surface area contributed by atoms with E-state index < -0.39 is 0 Å². The minimum absolute atomic E-state index is 0.354. The first kappa shape index (κ1) is 19.2. The number of piperazine rings is 1. The Morgan fingerprint density at radius 1 is 1.17 bits per heavy atom. The molecule has 4 aromatic rings. The molecule has 8 heteroatoms. The van der Waals surface area contributed by atoms with Crippen LogP contribution in [0.25, 0.3) is 33.2 Å². The van der Waals surface area contributed by atoms with E-state index in [4.69, 9.17) is 11.6 Å². The summed E-state index contributed by atoms with van der Waals surface area (Å²) in [5.41, 5.74) is 3.15. The van der Waals surface area contributed by atoms with Gasteiger partial charge >= 0.3 is 0 Å². The molecule has 4 heterocycles. The molecule has 0 radical (unpaired) electrons. The topological polar surface area (TPSA) is 58.9 Å². The predicted molar refractivity (Wildman–Crippen MR) is 118 cm³/mol. The van der Waals surface area contributed by atoms with Crippen molar-refractivity contribution >= 4 is 39.2 Å². The number of rotatable bonds is 2. The highest BCUT2D eigenvalue weighted by Gasteiger charge is 2.24. The standard InChI is InChI=1S/C22H22ClFN6/c1-12-9-30(10-13(2)26-12)19-8-25-22-16(20(19)23)4-5-18(27-22)14-6-15-11-29(3)28-21(15)17(24)7-14/h4-8,11-13,26H,9-10H2,1-3H3/t12-,13+. The van der Waals surface area contributed by atoms with Crippen LogP contribution in [0, 0.1) is 5.82 Å². The molecule has 2 atom stereocenters. The van der Waals surface area contributed by atoms with Gasteiger partial charge in [-0.3, -0.25) is 4.68 Å². The van der Waals surface area contributed by atoms with Gasteiger partial charge in [-0.2, -0.15) is 5.10 Å². The smallest absolute Gasteiger partial charge is 0.161 e. The zero-order valence-electron chi connectivity index (χ0n) is 17.0. The number of aryl methyl sites for hydroxylation is 1. The van der Waals surface area contributed by atoms with Gasteiger partial charge in [-0.25, -0.2) is 14.4 Å². The zero-order valence-corrected chi connectivity index (χ0v) is 17.8.